The Hall–Kier alpha value is -2.44. The highest BCUT2D eigenvalue weighted by Crippen LogP contribution is 2.24. The number of carbonyl (C=O) groups excluding carboxylic acids is 1. The third kappa shape index (κ3) is 2.76. The maximum Gasteiger partial charge on any atom is 0.417 e. The van der Waals surface area contributed by atoms with Crippen LogP contribution in [0.25, 0.3) is 11.1 Å². The van der Waals surface area contributed by atoms with E-state index in [1.165, 1.54) is 0 Å². The Labute approximate surface area is 115 Å². The van der Waals surface area contributed by atoms with E-state index in [9.17, 15) is 9.59 Å². The lowest BCUT2D eigenvalue weighted by molar-refractivity contribution is -0.128. The molecule has 108 valence electrons. The number of fused-ring (bicyclic) bond motifs is 1. The number of nitrogens with one attached hydrogen (secondary N) is 2. The smallest absolute Gasteiger partial charge is 0.408 e. The molecule has 0 fully saturated rings. The predicted octanol–water partition coefficient (Wildman–Crippen LogP) is 0.984. The number of likely N-dealkylation sites (N-methyl/N-ethyl adjacent to an activating group) is 1. The van der Waals surface area contributed by atoms with Gasteiger partial charge in [-0.05, 0) is 19.9 Å². The molecule has 1 amide bonds. The van der Waals surface area contributed by atoms with Crippen LogP contribution in [-0.2, 0) is 4.79 Å². The number of nitrogens with two attached hydrogens (primary N) is 1. The quantitative estimate of drug-likeness (QED) is 0.707. The minimum atomic E-state index is -0.532. The zero-order chi connectivity index (χ0) is 14.7. The molecule has 0 radical (unpaired) electrons. The molecular weight excluding hydrogens is 260 g/mol. The Morgan fingerprint density at radius 3 is 2.75 bits per heavy atom. The van der Waals surface area contributed by atoms with Crippen LogP contribution in [0.15, 0.2) is 21.3 Å². The van der Waals surface area contributed by atoms with Crippen LogP contribution in [0.1, 0.15) is 13.8 Å². The Kier molecular flexibility index (Phi) is 3.97. The molecule has 0 saturated carbocycles. The molecule has 4 N–H and O–H groups in total. The van der Waals surface area contributed by atoms with Crippen molar-refractivity contribution >= 4 is 28.4 Å². The van der Waals surface area contributed by atoms with Crippen LogP contribution >= 0.6 is 0 Å². The van der Waals surface area contributed by atoms with E-state index in [4.69, 9.17) is 10.2 Å². The van der Waals surface area contributed by atoms with Crippen molar-refractivity contribution in [2.75, 3.05) is 30.7 Å². The fourth-order valence-electron chi connectivity index (χ4n) is 2.03. The molecule has 0 aliphatic heterocycles. The van der Waals surface area contributed by atoms with E-state index in [1.807, 2.05) is 13.8 Å². The van der Waals surface area contributed by atoms with Crippen LogP contribution in [0.3, 0.4) is 0 Å². The molecule has 1 aromatic heterocycles. The van der Waals surface area contributed by atoms with Gasteiger partial charge in [0.15, 0.2) is 5.58 Å². The number of carbonyl (C=O) groups is 1. The molecule has 7 heteroatoms. The summed E-state index contributed by atoms with van der Waals surface area (Å²) in [5.74, 6) is -0.536. The number of nitrogen functional groups attached to an aromatic ring is 1. The number of amides is 1. The van der Waals surface area contributed by atoms with Gasteiger partial charge in [-0.2, -0.15) is 0 Å². The fourth-order valence-corrected chi connectivity index (χ4v) is 2.03. The van der Waals surface area contributed by atoms with Crippen molar-refractivity contribution in [1.29, 1.82) is 0 Å². The molecule has 0 saturated heterocycles. The van der Waals surface area contributed by atoms with Crippen LogP contribution in [-0.4, -0.2) is 35.4 Å². The molecule has 20 heavy (non-hydrogen) atoms. The number of oxazole rings is 1. The van der Waals surface area contributed by atoms with Gasteiger partial charge >= 0.3 is 5.76 Å². The molecule has 0 aliphatic carbocycles. The van der Waals surface area contributed by atoms with E-state index in [2.05, 4.69) is 10.3 Å². The third-order valence-electron chi connectivity index (χ3n) is 3.14. The van der Waals surface area contributed by atoms with E-state index in [0.717, 1.165) is 0 Å². The third-order valence-corrected chi connectivity index (χ3v) is 3.14. The van der Waals surface area contributed by atoms with Crippen LogP contribution in [0, 0.1) is 0 Å². The van der Waals surface area contributed by atoms with Gasteiger partial charge in [-0.25, -0.2) is 4.79 Å². The number of aromatic nitrogens is 1. The molecule has 2 aromatic rings. The first-order valence-corrected chi connectivity index (χ1v) is 6.49. The van der Waals surface area contributed by atoms with Crippen LogP contribution in [0.5, 0.6) is 0 Å². The zero-order valence-electron chi connectivity index (χ0n) is 11.5. The highest BCUT2D eigenvalue weighted by Gasteiger charge is 2.11. The largest absolute Gasteiger partial charge is 0.417 e. The van der Waals surface area contributed by atoms with E-state index >= 15 is 0 Å². The normalized spacial score (nSPS) is 10.7. The van der Waals surface area contributed by atoms with E-state index in [-0.39, 0.29) is 12.5 Å². The summed E-state index contributed by atoms with van der Waals surface area (Å²) >= 11 is 0. The van der Waals surface area contributed by atoms with Crippen molar-refractivity contribution in [3.8, 4) is 0 Å². The Balaban J connectivity index is 2.15. The second kappa shape index (κ2) is 5.68. The second-order valence-corrected chi connectivity index (χ2v) is 4.37. The van der Waals surface area contributed by atoms with Crippen molar-refractivity contribution < 1.29 is 9.21 Å². The molecule has 7 nitrogen and oxygen atoms in total. The first kappa shape index (κ1) is 14.0. The second-order valence-electron chi connectivity index (χ2n) is 4.37. The number of benzene rings is 1. The lowest BCUT2D eigenvalue weighted by atomic mass is 10.2. The van der Waals surface area contributed by atoms with Gasteiger partial charge in [0, 0.05) is 19.2 Å². The van der Waals surface area contributed by atoms with Gasteiger partial charge < -0.3 is 20.4 Å². The van der Waals surface area contributed by atoms with Crippen molar-refractivity contribution in [2.24, 2.45) is 0 Å². The molecule has 1 heterocycles. The monoisotopic (exact) mass is 278 g/mol. The lowest BCUT2D eigenvalue weighted by Crippen LogP contribution is -2.35. The van der Waals surface area contributed by atoms with E-state index < -0.39 is 5.76 Å². The summed E-state index contributed by atoms with van der Waals surface area (Å²) in [6.07, 6.45) is 0. The molecule has 2 rings (SSSR count). The predicted molar refractivity (Wildman–Crippen MR) is 77.7 cm³/mol. The molecule has 0 atom stereocenters. The van der Waals surface area contributed by atoms with Crippen LogP contribution in [0.2, 0.25) is 0 Å². The maximum absolute atomic E-state index is 11.9. The minimum absolute atomic E-state index is 0.00446. The average Bonchev–Trinajstić information content (AvgIpc) is 2.76. The number of aromatic amines is 1. The lowest BCUT2D eigenvalue weighted by Gasteiger charge is -2.19. The molecule has 1 aromatic carbocycles. The van der Waals surface area contributed by atoms with Crippen LogP contribution in [0.4, 0.5) is 11.4 Å². The Morgan fingerprint density at radius 1 is 1.40 bits per heavy atom. The van der Waals surface area contributed by atoms with E-state index in [1.54, 1.807) is 17.0 Å². The number of anilines is 2. The molecular formula is C13H18N4O3. The molecule has 0 unspecified atom stereocenters. The zero-order valence-corrected chi connectivity index (χ0v) is 11.5. The van der Waals surface area contributed by atoms with Gasteiger partial charge in [-0.1, -0.05) is 0 Å². The SMILES string of the molecule is CCN(CC)C(=O)CNc1cc2[nH]c(=O)oc2cc1N. The van der Waals surface area contributed by atoms with Gasteiger partial charge in [0.05, 0.1) is 23.4 Å². The summed E-state index contributed by atoms with van der Waals surface area (Å²) in [7, 11) is 0. The van der Waals surface area contributed by atoms with Gasteiger partial charge in [-0.15, -0.1) is 0 Å². The first-order valence-electron chi connectivity index (χ1n) is 6.49. The summed E-state index contributed by atoms with van der Waals surface area (Å²) in [6.45, 7) is 5.34. The topological polar surface area (TPSA) is 104 Å². The summed E-state index contributed by atoms with van der Waals surface area (Å²) < 4.78 is 4.91. The summed E-state index contributed by atoms with van der Waals surface area (Å²) in [6, 6.07) is 3.21. The van der Waals surface area contributed by atoms with Crippen molar-refractivity contribution in [3.63, 3.8) is 0 Å². The summed E-state index contributed by atoms with van der Waals surface area (Å²) in [4.78, 5) is 27.3. The first-order chi connectivity index (χ1) is 9.55. The number of hydrogen-bond acceptors (Lipinski definition) is 5. The highest BCUT2D eigenvalue weighted by molar-refractivity contribution is 5.87. The van der Waals surface area contributed by atoms with Gasteiger partial charge in [-0.3, -0.25) is 9.78 Å². The number of rotatable bonds is 5. The minimum Gasteiger partial charge on any atom is -0.408 e. The number of nitrogens with zero attached hydrogens (tertiary/aromatic N) is 1. The molecule has 0 aliphatic rings. The number of hydrogen-bond donors (Lipinski definition) is 3. The fraction of sp³-hybridized carbons (Fsp3) is 0.385. The van der Waals surface area contributed by atoms with Crippen molar-refractivity contribution in [3.05, 3.63) is 22.7 Å². The Morgan fingerprint density at radius 2 is 2.10 bits per heavy atom. The van der Waals surface area contributed by atoms with E-state index in [0.29, 0.717) is 35.6 Å². The molecule has 0 bridgehead atoms. The van der Waals surface area contributed by atoms with Crippen LogP contribution < -0.4 is 16.8 Å². The summed E-state index contributed by atoms with van der Waals surface area (Å²) in [5.41, 5.74) is 7.82. The number of H-pyrrole nitrogens is 1. The summed E-state index contributed by atoms with van der Waals surface area (Å²) in [5, 5.41) is 2.98. The van der Waals surface area contributed by atoms with Gasteiger partial charge in [0.25, 0.3) is 0 Å². The average molecular weight is 278 g/mol. The highest BCUT2D eigenvalue weighted by atomic mass is 16.4. The maximum atomic E-state index is 11.9. The van der Waals surface area contributed by atoms with Gasteiger partial charge in [0.2, 0.25) is 5.91 Å². The standard InChI is InChI=1S/C13H18N4O3/c1-3-17(4-2)12(18)7-15-9-6-10-11(5-8(9)14)20-13(19)16-10/h5-6,15H,3-4,7,14H2,1-2H3,(H,16,19). The van der Waals surface area contributed by atoms with Gasteiger partial charge in [0.1, 0.15) is 0 Å². The Bertz CT molecular complexity index is 670. The molecule has 0 spiro atoms. The van der Waals surface area contributed by atoms with Crippen molar-refractivity contribution in [2.45, 2.75) is 13.8 Å². The van der Waals surface area contributed by atoms with Crippen molar-refractivity contribution in [1.82, 2.24) is 9.88 Å².